The maximum absolute atomic E-state index is 15.0. The summed E-state index contributed by atoms with van der Waals surface area (Å²) in [7, 11) is 2.70. The Bertz CT molecular complexity index is 1810. The predicted molar refractivity (Wildman–Crippen MR) is 171 cm³/mol. The summed E-state index contributed by atoms with van der Waals surface area (Å²) in [5.41, 5.74) is -3.94. The van der Waals surface area contributed by atoms with Crippen LogP contribution < -0.4 is 19.1 Å². The highest BCUT2D eigenvalue weighted by molar-refractivity contribution is 5.75. The first-order valence-corrected chi connectivity index (χ1v) is 15.3. The molecule has 0 amide bonds. The van der Waals surface area contributed by atoms with Crippen LogP contribution in [0.5, 0.6) is 17.2 Å². The highest BCUT2D eigenvalue weighted by atomic mass is 19.4. The van der Waals surface area contributed by atoms with Crippen LogP contribution >= 0.6 is 0 Å². The summed E-state index contributed by atoms with van der Waals surface area (Å²) in [6.07, 6.45) is -7.69. The number of hydrogen-bond donors (Lipinski definition) is 2. The summed E-state index contributed by atoms with van der Waals surface area (Å²) in [4.78, 5) is 20.6. The van der Waals surface area contributed by atoms with E-state index in [9.17, 15) is 36.2 Å². The van der Waals surface area contributed by atoms with Crippen LogP contribution in [0.1, 0.15) is 54.5 Å². The van der Waals surface area contributed by atoms with E-state index in [1.165, 1.54) is 51.4 Å². The fourth-order valence-electron chi connectivity index (χ4n) is 5.19. The minimum absolute atomic E-state index is 0.0164. The number of benzene rings is 3. The van der Waals surface area contributed by atoms with Crippen molar-refractivity contribution in [1.82, 2.24) is 9.97 Å². The Labute approximate surface area is 288 Å². The molecule has 0 bridgehead atoms. The van der Waals surface area contributed by atoms with Gasteiger partial charge >= 0.3 is 18.3 Å². The number of hydrogen-bond acceptors (Lipinski definition) is 8. The number of ether oxygens (including phenoxy) is 3. The number of nitrogens with zero attached hydrogens (tertiary/aromatic N) is 3. The van der Waals surface area contributed by atoms with Crippen LogP contribution in [-0.2, 0) is 35.8 Å². The number of carboxylic acids is 1. The van der Waals surface area contributed by atoms with Crippen molar-refractivity contribution in [2.24, 2.45) is 0 Å². The van der Waals surface area contributed by atoms with Crippen molar-refractivity contribution in [2.75, 3.05) is 25.7 Å². The Morgan fingerprint density at radius 3 is 1.98 bits per heavy atom. The van der Waals surface area contributed by atoms with E-state index in [1.54, 1.807) is 18.2 Å². The number of aliphatic hydroxyl groups is 1. The quantitative estimate of drug-likeness (QED) is 0.0986. The second-order valence-corrected chi connectivity index (χ2v) is 11.9. The molecule has 0 fully saturated rings. The Morgan fingerprint density at radius 1 is 0.824 bits per heavy atom. The van der Waals surface area contributed by atoms with Crippen molar-refractivity contribution in [2.45, 2.75) is 57.7 Å². The minimum Gasteiger partial charge on any atom is -0.497 e. The fourth-order valence-corrected chi connectivity index (χ4v) is 5.19. The third kappa shape index (κ3) is 9.99. The Balaban J connectivity index is 1.86. The zero-order valence-electron chi connectivity index (χ0n) is 27.8. The summed E-state index contributed by atoms with van der Waals surface area (Å²) in [6, 6.07) is 8.49. The monoisotopic (exact) mass is 725 g/mol. The van der Waals surface area contributed by atoms with Crippen molar-refractivity contribution in [3.05, 3.63) is 94.6 Å². The van der Waals surface area contributed by atoms with E-state index in [4.69, 9.17) is 19.3 Å². The van der Waals surface area contributed by atoms with Gasteiger partial charge in [-0.2, -0.15) is 26.3 Å². The molecule has 0 radical (unpaired) electrons. The molecule has 1 heterocycles. The SMILES string of the molecule is COc1ccc(-c2cc(C(C)(C)O)c(F)cc2OC)c(CN(Cc2cc(C(F)(F)F)cc(C(F)(F)F)c2)c2ncc(OCCCC(=O)O)cn2)c1. The lowest BCUT2D eigenvalue weighted by atomic mass is 9.91. The van der Waals surface area contributed by atoms with Crippen LogP contribution in [0.15, 0.2) is 60.9 Å². The third-order valence-electron chi connectivity index (χ3n) is 7.63. The zero-order chi connectivity index (χ0) is 37.7. The summed E-state index contributed by atoms with van der Waals surface area (Å²) < 4.78 is 114. The molecule has 274 valence electrons. The largest absolute Gasteiger partial charge is 0.497 e. The fraction of sp³-hybridized carbons (Fsp3) is 0.343. The van der Waals surface area contributed by atoms with Gasteiger partial charge in [-0.25, -0.2) is 14.4 Å². The van der Waals surface area contributed by atoms with Crippen LogP contribution in [0.25, 0.3) is 11.1 Å². The minimum atomic E-state index is -5.09. The number of anilines is 1. The van der Waals surface area contributed by atoms with Crippen LogP contribution in [0, 0.1) is 5.82 Å². The molecular weight excluding hydrogens is 691 g/mol. The third-order valence-corrected chi connectivity index (χ3v) is 7.63. The van der Waals surface area contributed by atoms with Gasteiger partial charge in [0.05, 0.1) is 49.9 Å². The first kappa shape index (κ1) is 38.7. The molecule has 4 aromatic rings. The van der Waals surface area contributed by atoms with Gasteiger partial charge in [0, 0.05) is 36.7 Å². The first-order chi connectivity index (χ1) is 23.8. The van der Waals surface area contributed by atoms with Gasteiger partial charge in [-0.3, -0.25) is 4.79 Å². The average Bonchev–Trinajstić information content (AvgIpc) is 3.05. The lowest BCUT2D eigenvalue weighted by molar-refractivity contribution is -0.143. The highest BCUT2D eigenvalue weighted by Gasteiger charge is 2.37. The molecule has 0 unspecified atom stereocenters. The molecule has 0 aliphatic carbocycles. The molecule has 3 aromatic carbocycles. The molecule has 0 saturated heterocycles. The van der Waals surface area contributed by atoms with E-state index in [-0.39, 0.29) is 60.6 Å². The van der Waals surface area contributed by atoms with Gasteiger partial charge < -0.3 is 29.3 Å². The van der Waals surface area contributed by atoms with Crippen LogP contribution in [-0.4, -0.2) is 47.0 Å². The van der Waals surface area contributed by atoms with Crippen molar-refractivity contribution >= 4 is 11.9 Å². The maximum atomic E-state index is 15.0. The Hall–Kier alpha value is -5.12. The molecule has 4 rings (SSSR count). The lowest BCUT2D eigenvalue weighted by Crippen LogP contribution is -2.25. The highest BCUT2D eigenvalue weighted by Crippen LogP contribution is 2.40. The summed E-state index contributed by atoms with van der Waals surface area (Å²) in [5, 5.41) is 19.5. The number of halogens is 7. The Kier molecular flexibility index (Phi) is 11.7. The molecule has 0 aliphatic rings. The molecule has 16 heteroatoms. The molecule has 0 spiro atoms. The Morgan fingerprint density at radius 2 is 1.45 bits per heavy atom. The van der Waals surface area contributed by atoms with E-state index in [0.717, 1.165) is 6.07 Å². The second-order valence-electron chi connectivity index (χ2n) is 11.9. The van der Waals surface area contributed by atoms with E-state index >= 15 is 4.39 Å². The van der Waals surface area contributed by atoms with Crippen LogP contribution in [0.2, 0.25) is 0 Å². The first-order valence-electron chi connectivity index (χ1n) is 15.3. The van der Waals surface area contributed by atoms with Crippen molar-refractivity contribution in [3.63, 3.8) is 0 Å². The van der Waals surface area contributed by atoms with Gasteiger partial charge in [0.25, 0.3) is 0 Å². The van der Waals surface area contributed by atoms with E-state index < -0.39 is 47.4 Å². The average molecular weight is 726 g/mol. The van der Waals surface area contributed by atoms with Crippen LogP contribution in [0.3, 0.4) is 0 Å². The standard InChI is InChI=1S/C35H34F7N3O6/c1-33(2,48)28-14-27(30(50-4)15-29(28)36)26-8-7-24(49-3)12-21(26)19-45(32-43-16-25(17-44-32)51-9-5-6-31(46)47)18-20-10-22(34(37,38)39)13-23(11-20)35(40,41)42/h7-8,10-17,48H,5-6,9,18-19H2,1-4H3,(H,46,47). The van der Waals surface area contributed by atoms with Gasteiger partial charge in [-0.1, -0.05) is 6.07 Å². The molecular formula is C35H34F7N3O6. The number of rotatable bonds is 14. The van der Waals surface area contributed by atoms with E-state index in [2.05, 4.69) is 9.97 Å². The second kappa shape index (κ2) is 15.4. The smallest absolute Gasteiger partial charge is 0.416 e. The van der Waals surface area contributed by atoms with Crippen molar-refractivity contribution < 1.29 is 60.0 Å². The number of methoxy groups -OCH3 is 2. The molecule has 0 saturated carbocycles. The van der Waals surface area contributed by atoms with Gasteiger partial charge in [0.2, 0.25) is 5.95 Å². The molecule has 0 atom stereocenters. The molecule has 1 aromatic heterocycles. The molecule has 2 N–H and O–H groups in total. The number of carboxylic acid groups (broad SMARTS) is 1. The summed E-state index contributed by atoms with van der Waals surface area (Å²) >= 11 is 0. The molecule has 51 heavy (non-hydrogen) atoms. The number of carbonyl (C=O) groups is 1. The normalized spacial score (nSPS) is 12.1. The number of aromatic nitrogens is 2. The van der Waals surface area contributed by atoms with Crippen LogP contribution in [0.4, 0.5) is 36.7 Å². The van der Waals surface area contributed by atoms with E-state index in [1.807, 2.05) is 0 Å². The van der Waals surface area contributed by atoms with Gasteiger partial charge in [0.15, 0.2) is 5.75 Å². The van der Waals surface area contributed by atoms with Crippen molar-refractivity contribution in [1.29, 1.82) is 0 Å². The van der Waals surface area contributed by atoms with Gasteiger partial charge in [-0.15, -0.1) is 0 Å². The summed E-state index contributed by atoms with van der Waals surface area (Å²) in [5.74, 6) is -1.33. The van der Waals surface area contributed by atoms with Crippen molar-refractivity contribution in [3.8, 4) is 28.4 Å². The van der Waals surface area contributed by atoms with E-state index in [0.29, 0.717) is 34.6 Å². The zero-order valence-corrected chi connectivity index (χ0v) is 27.8. The number of aliphatic carboxylic acids is 1. The predicted octanol–water partition coefficient (Wildman–Crippen LogP) is 8.02. The van der Waals surface area contributed by atoms with Gasteiger partial charge in [0.1, 0.15) is 17.3 Å². The maximum Gasteiger partial charge on any atom is 0.416 e. The summed E-state index contributed by atoms with van der Waals surface area (Å²) in [6.45, 7) is 2.01. The number of alkyl halides is 6. The van der Waals surface area contributed by atoms with Gasteiger partial charge in [-0.05, 0) is 73.4 Å². The molecule has 9 nitrogen and oxygen atoms in total. The topological polar surface area (TPSA) is 114 Å². The molecule has 0 aliphatic heterocycles. The lowest BCUT2D eigenvalue weighted by Gasteiger charge is -2.26.